The lowest BCUT2D eigenvalue weighted by Crippen LogP contribution is -2.54. The number of ketones is 1. The van der Waals surface area contributed by atoms with E-state index in [0.29, 0.717) is 18.6 Å². The Balaban J connectivity index is 1.20. The first-order valence-corrected chi connectivity index (χ1v) is 28.4. The zero-order chi connectivity index (χ0) is 44.0. The van der Waals surface area contributed by atoms with Gasteiger partial charge < -0.3 is 0 Å². The van der Waals surface area contributed by atoms with E-state index in [1.807, 2.05) is 0 Å². The highest BCUT2D eigenvalue weighted by Gasteiger charge is 2.71. The van der Waals surface area contributed by atoms with Gasteiger partial charge in [-0.15, -0.1) is 0 Å². The molecule has 0 amide bonds. The van der Waals surface area contributed by atoms with E-state index in [9.17, 15) is 0 Å². The summed E-state index contributed by atoms with van der Waals surface area (Å²) in [5.41, 5.74) is 5.93. The molecule has 2 spiro atoms. The standard InChI is InChI=1S/C74H6O/c75-4-1-2-73-69-62-55-44-33-25-15-11-5-6-8-10-9-7(5)14-17(15)29-35(33)46-47-36(29)34-22(14)20(9)27-26-21(10)23-16(8)19-18-12(6)13(11)24-28(25)42(44)50-48-32(24)30(18)38-31(19)39-37(23)43-40(26)49-41(27)45(34)56-58(47)67(66(69)57(46)55)70-63(56)61(49)65-54(43)52(39)59-51(38)53(48)64(60(50)62)71(73)68(59)72(65)74(70,73)3-4/h1-3H2. The molecule has 0 radical (unpaired) electrons. The van der Waals surface area contributed by atoms with Gasteiger partial charge in [0.25, 0.3) is 0 Å². The molecule has 1 nitrogen and oxygen atoms in total. The van der Waals surface area contributed by atoms with E-state index in [1.54, 1.807) is 367 Å². The van der Waals surface area contributed by atoms with Crippen LogP contribution in [-0.2, 0) is 15.6 Å². The maximum atomic E-state index is 15.6. The molecule has 5 aliphatic carbocycles. The third-order valence-electron chi connectivity index (χ3n) is 28.7. The van der Waals surface area contributed by atoms with Crippen LogP contribution in [0.3, 0.4) is 0 Å². The normalized spacial score (nSPS) is 22.9. The number of hydrogen-bond acceptors (Lipinski definition) is 1. The quantitative estimate of drug-likeness (QED) is 0.109. The van der Waals surface area contributed by atoms with Gasteiger partial charge in [-0.05, 0) is 373 Å². The van der Waals surface area contributed by atoms with Crippen molar-refractivity contribution in [1.82, 2.24) is 0 Å². The molecule has 1 fully saturated rings. The second-order valence-electron chi connectivity index (χ2n) is 28.5. The average Bonchev–Trinajstić information content (AvgIpc) is 2.17. The van der Waals surface area contributed by atoms with Crippen LogP contribution in [0.4, 0.5) is 0 Å². The summed E-state index contributed by atoms with van der Waals surface area (Å²) >= 11 is 0. The van der Waals surface area contributed by atoms with Gasteiger partial charge in [0.1, 0.15) is 5.78 Å². The fourth-order valence-corrected chi connectivity index (χ4v) is 28.8. The van der Waals surface area contributed by atoms with Gasteiger partial charge in [-0.3, -0.25) is 4.79 Å². The molecule has 2 atom stereocenters. The highest BCUT2D eigenvalue weighted by atomic mass is 16.1. The molecule has 1 heteroatoms. The molecule has 1 saturated carbocycles. The van der Waals surface area contributed by atoms with Crippen LogP contribution in [0.1, 0.15) is 41.5 Å². The minimum atomic E-state index is -0.457. The molecule has 0 N–H and O–H groups in total. The van der Waals surface area contributed by atoms with Gasteiger partial charge in [-0.25, -0.2) is 0 Å². The van der Waals surface area contributed by atoms with Gasteiger partial charge >= 0.3 is 0 Å². The van der Waals surface area contributed by atoms with E-state index in [0.717, 1.165) is 6.42 Å². The summed E-state index contributed by atoms with van der Waals surface area (Å²) < 4.78 is 0. The van der Waals surface area contributed by atoms with E-state index in [4.69, 9.17) is 0 Å². The van der Waals surface area contributed by atoms with E-state index in [-0.39, 0.29) is 5.41 Å². The molecule has 33 aromatic rings. The van der Waals surface area contributed by atoms with Crippen LogP contribution < -0.4 is 0 Å². The summed E-state index contributed by atoms with van der Waals surface area (Å²) in [5.74, 6) is 0.508. The first kappa shape index (κ1) is 26.7. The van der Waals surface area contributed by atoms with E-state index >= 15 is 4.79 Å². The monoisotopic (exact) mass is 910 g/mol. The number of Topliss-reactive ketones (excluding diaryl/α,β-unsaturated/α-hetero) is 1. The van der Waals surface area contributed by atoms with Gasteiger partial charge in [0, 0.05) is 23.7 Å². The largest absolute Gasteiger partial charge is 0.300 e. The summed E-state index contributed by atoms with van der Waals surface area (Å²) in [7, 11) is 0. The fraction of sp³-hybridized carbons (Fsp3) is 0.0676. The third-order valence-corrected chi connectivity index (χ3v) is 28.7. The minimum Gasteiger partial charge on any atom is -0.300 e. The summed E-state index contributed by atoms with van der Waals surface area (Å²) in [6, 6.07) is 0. The number of carbonyl (C=O) groups excluding carboxylic acids is 1. The fourth-order valence-electron chi connectivity index (χ4n) is 28.8. The van der Waals surface area contributed by atoms with Crippen molar-refractivity contribution < 1.29 is 4.79 Å². The molecule has 5 aliphatic rings. The molecule has 2 unspecified atom stereocenters. The molecular weight excluding hydrogens is 905 g/mol. The summed E-state index contributed by atoms with van der Waals surface area (Å²) in [6.07, 6.45) is 2.25. The first-order valence-electron chi connectivity index (χ1n) is 28.4. The second kappa shape index (κ2) is 5.83. The van der Waals surface area contributed by atoms with Crippen molar-refractivity contribution in [2.75, 3.05) is 0 Å². The SMILES string of the molecule is O=C1CCC23c4c5c6c7c8c9c%10c(c%11c2c2c%12c4c4c5c5c%13c6c8c6c8c9c9c%14c%10c%10c%11c%11c2c2c%12c%12c4c4c5c5c%13c6c6c%13c8c9c8c9c%14c%10c%10c%11c%11c2c2c%12c4c4c5c6c5c%13c8c6c9c%10c%11c8c2c4c5c86)C73C1. The average molecular weight is 911 g/mol. The Morgan fingerprint density at radius 2 is 0.293 bits per heavy atom. The Bertz CT molecular complexity index is 8720. The number of benzene rings is 22. The van der Waals surface area contributed by atoms with Crippen LogP contribution in [0.5, 0.6) is 0 Å². The van der Waals surface area contributed by atoms with Crippen molar-refractivity contribution in [1.29, 1.82) is 0 Å². The molecule has 308 valence electrons. The van der Waals surface area contributed by atoms with Gasteiger partial charge in [-0.1, -0.05) is 0 Å². The van der Waals surface area contributed by atoms with Crippen molar-refractivity contribution in [2.24, 2.45) is 0 Å². The Labute approximate surface area is 405 Å². The van der Waals surface area contributed by atoms with Crippen LogP contribution in [0.25, 0.3) is 345 Å². The van der Waals surface area contributed by atoms with E-state index in [2.05, 4.69) is 0 Å². The van der Waals surface area contributed by atoms with Crippen LogP contribution >= 0.6 is 0 Å². The Hall–Kier alpha value is -9.17. The number of carbonyl (C=O) groups is 1. The molecule has 0 saturated heterocycles. The third kappa shape index (κ3) is 1.35. The molecule has 38 rings (SSSR count). The Morgan fingerprint density at radius 3 is 0.520 bits per heavy atom. The van der Waals surface area contributed by atoms with Crippen molar-refractivity contribution in [3.05, 3.63) is 22.3 Å². The smallest absolute Gasteiger partial charge is 0.134 e. The molecule has 33 aromatic carbocycles. The molecule has 0 bridgehead atoms. The van der Waals surface area contributed by atoms with E-state index < -0.39 is 5.41 Å². The molecule has 0 aliphatic heterocycles. The topological polar surface area (TPSA) is 17.1 Å². The first-order chi connectivity index (χ1) is 37.3. The summed E-state index contributed by atoms with van der Waals surface area (Å²) in [4.78, 5) is 15.6. The number of rotatable bonds is 0. The maximum Gasteiger partial charge on any atom is 0.134 e. The summed E-state index contributed by atoms with van der Waals surface area (Å²) in [6.45, 7) is 0. The lowest BCUT2D eigenvalue weighted by atomic mass is 9.45. The molecular formula is C74H6O. The van der Waals surface area contributed by atoms with E-state index in [1.165, 1.54) is 0 Å². The van der Waals surface area contributed by atoms with Crippen molar-refractivity contribution in [3.63, 3.8) is 0 Å². The van der Waals surface area contributed by atoms with Gasteiger partial charge in [-0.2, -0.15) is 0 Å². The van der Waals surface area contributed by atoms with Crippen LogP contribution in [0.15, 0.2) is 0 Å². The highest BCUT2D eigenvalue weighted by Crippen LogP contribution is 2.86. The van der Waals surface area contributed by atoms with Crippen molar-refractivity contribution in [2.45, 2.75) is 30.1 Å². The van der Waals surface area contributed by atoms with Crippen molar-refractivity contribution >= 4 is 351 Å². The van der Waals surface area contributed by atoms with Gasteiger partial charge in [0.05, 0.1) is 0 Å². The lowest BCUT2D eigenvalue weighted by Gasteiger charge is -2.55. The zero-order valence-electron chi connectivity index (χ0n) is 38.0. The lowest BCUT2D eigenvalue weighted by molar-refractivity contribution is -0.122. The summed E-state index contributed by atoms with van der Waals surface area (Å²) in [5, 5.41) is 105. The molecule has 0 heterocycles. The van der Waals surface area contributed by atoms with Gasteiger partial charge in [0.15, 0.2) is 0 Å². The number of hydrogen-bond donors (Lipinski definition) is 0. The Kier molecular flexibility index (Phi) is 2.07. The van der Waals surface area contributed by atoms with Gasteiger partial charge in [0.2, 0.25) is 0 Å². The predicted molar refractivity (Wildman–Crippen MR) is 316 cm³/mol. The maximum absolute atomic E-state index is 15.6. The zero-order valence-corrected chi connectivity index (χ0v) is 38.0. The van der Waals surface area contributed by atoms with Crippen LogP contribution in [0.2, 0.25) is 0 Å². The molecule has 0 aromatic heterocycles. The van der Waals surface area contributed by atoms with Crippen LogP contribution in [0, 0.1) is 0 Å². The van der Waals surface area contributed by atoms with Crippen molar-refractivity contribution in [3.8, 4) is 0 Å². The second-order valence-corrected chi connectivity index (χ2v) is 28.5. The predicted octanol–water partition coefficient (Wildman–Crippen LogP) is 20.0. The molecule has 75 heavy (non-hydrogen) atoms. The highest BCUT2D eigenvalue weighted by molar-refractivity contribution is 6.84. The minimum absolute atomic E-state index is 0.309. The Morgan fingerprint density at radius 1 is 0.160 bits per heavy atom. The van der Waals surface area contributed by atoms with Crippen LogP contribution in [-0.4, -0.2) is 5.78 Å².